The lowest BCUT2D eigenvalue weighted by molar-refractivity contribution is -0.141. The van der Waals surface area contributed by atoms with Crippen molar-refractivity contribution in [3.05, 3.63) is 11.9 Å². The van der Waals surface area contributed by atoms with Crippen LogP contribution in [-0.4, -0.2) is 28.9 Å². The molecule has 0 bridgehead atoms. The fourth-order valence-electron chi connectivity index (χ4n) is 1.62. The van der Waals surface area contributed by atoms with Gasteiger partial charge in [0.1, 0.15) is 6.54 Å². The van der Waals surface area contributed by atoms with Gasteiger partial charge >= 0.3 is 5.97 Å². The molecule has 0 aliphatic heterocycles. The number of aryl methyl sites for hydroxylation is 1. The van der Waals surface area contributed by atoms with Gasteiger partial charge in [0.2, 0.25) is 0 Å². The van der Waals surface area contributed by atoms with Gasteiger partial charge in [0.15, 0.2) is 0 Å². The van der Waals surface area contributed by atoms with E-state index in [9.17, 15) is 4.79 Å². The molecular formula is C13H23N3O2. The Bertz CT molecular complexity index is 386. The highest BCUT2D eigenvalue weighted by Crippen LogP contribution is 2.21. The van der Waals surface area contributed by atoms with Crippen LogP contribution in [0.25, 0.3) is 0 Å². The summed E-state index contributed by atoms with van der Waals surface area (Å²) in [5.74, 6) is 0.104. The SMILES string of the molecule is CCCCOC(=O)CNc1cn(C)nc1C(C)C. The molecule has 0 atom stereocenters. The lowest BCUT2D eigenvalue weighted by atomic mass is 10.1. The third-order valence-corrected chi connectivity index (χ3v) is 2.59. The van der Waals surface area contributed by atoms with Crippen molar-refractivity contribution in [2.45, 2.75) is 39.5 Å². The number of hydrogen-bond acceptors (Lipinski definition) is 4. The fraction of sp³-hybridized carbons (Fsp3) is 0.692. The summed E-state index contributed by atoms with van der Waals surface area (Å²) in [6.07, 6.45) is 3.82. The predicted octanol–water partition coefficient (Wildman–Crippen LogP) is 2.30. The first-order chi connectivity index (χ1) is 8.54. The van der Waals surface area contributed by atoms with Crippen molar-refractivity contribution < 1.29 is 9.53 Å². The van der Waals surface area contributed by atoms with E-state index in [1.165, 1.54) is 0 Å². The van der Waals surface area contributed by atoms with Crippen LogP contribution in [0.15, 0.2) is 6.20 Å². The summed E-state index contributed by atoms with van der Waals surface area (Å²) in [6, 6.07) is 0. The van der Waals surface area contributed by atoms with Gasteiger partial charge in [-0.3, -0.25) is 9.48 Å². The Morgan fingerprint density at radius 2 is 2.28 bits per heavy atom. The first-order valence-electron chi connectivity index (χ1n) is 6.47. The molecule has 1 aromatic heterocycles. The van der Waals surface area contributed by atoms with Crippen LogP contribution in [-0.2, 0) is 16.6 Å². The number of esters is 1. The molecule has 1 heterocycles. The van der Waals surface area contributed by atoms with Crippen LogP contribution in [0.2, 0.25) is 0 Å². The monoisotopic (exact) mass is 253 g/mol. The van der Waals surface area contributed by atoms with Crippen molar-refractivity contribution in [1.82, 2.24) is 9.78 Å². The summed E-state index contributed by atoms with van der Waals surface area (Å²) in [7, 11) is 1.87. The Hall–Kier alpha value is -1.52. The van der Waals surface area contributed by atoms with E-state index in [-0.39, 0.29) is 12.5 Å². The Morgan fingerprint density at radius 3 is 2.89 bits per heavy atom. The van der Waals surface area contributed by atoms with E-state index in [0.717, 1.165) is 24.2 Å². The minimum absolute atomic E-state index is 0.190. The molecule has 0 saturated heterocycles. The zero-order chi connectivity index (χ0) is 13.5. The molecule has 0 saturated carbocycles. The number of unbranched alkanes of at least 4 members (excludes halogenated alkanes) is 1. The van der Waals surface area contributed by atoms with Gasteiger partial charge < -0.3 is 10.1 Å². The number of anilines is 1. The molecule has 1 rings (SSSR count). The number of aromatic nitrogens is 2. The van der Waals surface area contributed by atoms with E-state index < -0.39 is 0 Å². The summed E-state index contributed by atoms with van der Waals surface area (Å²) in [4.78, 5) is 11.5. The Morgan fingerprint density at radius 1 is 1.56 bits per heavy atom. The molecule has 102 valence electrons. The van der Waals surface area contributed by atoms with Crippen molar-refractivity contribution >= 4 is 11.7 Å². The molecule has 0 spiro atoms. The standard InChI is InChI=1S/C13H23N3O2/c1-5-6-7-18-12(17)8-14-11-9-16(4)15-13(11)10(2)3/h9-10,14H,5-8H2,1-4H3. The maximum atomic E-state index is 11.5. The van der Waals surface area contributed by atoms with Crippen LogP contribution in [0.3, 0.4) is 0 Å². The maximum absolute atomic E-state index is 11.5. The van der Waals surface area contributed by atoms with Gasteiger partial charge in [0.25, 0.3) is 0 Å². The molecule has 5 heteroatoms. The van der Waals surface area contributed by atoms with Gasteiger partial charge in [-0.2, -0.15) is 5.10 Å². The summed E-state index contributed by atoms with van der Waals surface area (Å²) < 4.78 is 6.83. The van der Waals surface area contributed by atoms with Gasteiger partial charge in [0, 0.05) is 13.2 Å². The van der Waals surface area contributed by atoms with Crippen LogP contribution in [0, 0.1) is 0 Å². The lowest BCUT2D eigenvalue weighted by Crippen LogP contribution is -2.17. The number of nitrogens with one attached hydrogen (secondary N) is 1. The van der Waals surface area contributed by atoms with Crippen molar-refractivity contribution in [2.24, 2.45) is 7.05 Å². The minimum Gasteiger partial charge on any atom is -0.464 e. The second-order valence-corrected chi connectivity index (χ2v) is 4.68. The number of hydrogen-bond donors (Lipinski definition) is 1. The van der Waals surface area contributed by atoms with Crippen molar-refractivity contribution in [1.29, 1.82) is 0 Å². The van der Waals surface area contributed by atoms with Crippen LogP contribution >= 0.6 is 0 Å². The minimum atomic E-state index is -0.220. The smallest absolute Gasteiger partial charge is 0.325 e. The number of nitrogens with zero attached hydrogens (tertiary/aromatic N) is 2. The van der Waals surface area contributed by atoms with E-state index in [0.29, 0.717) is 12.5 Å². The van der Waals surface area contributed by atoms with Crippen molar-refractivity contribution in [2.75, 3.05) is 18.5 Å². The Labute approximate surface area is 109 Å². The average Bonchev–Trinajstić information content (AvgIpc) is 2.68. The highest BCUT2D eigenvalue weighted by atomic mass is 16.5. The molecule has 0 amide bonds. The van der Waals surface area contributed by atoms with Gasteiger partial charge in [-0.25, -0.2) is 0 Å². The highest BCUT2D eigenvalue weighted by Gasteiger charge is 2.12. The van der Waals surface area contributed by atoms with Crippen LogP contribution in [0.5, 0.6) is 0 Å². The molecule has 0 aromatic carbocycles. The highest BCUT2D eigenvalue weighted by molar-refractivity contribution is 5.75. The summed E-state index contributed by atoms with van der Waals surface area (Å²) >= 11 is 0. The Balaban J connectivity index is 2.45. The first kappa shape index (κ1) is 14.5. The lowest BCUT2D eigenvalue weighted by Gasteiger charge is -2.08. The van der Waals surface area contributed by atoms with Gasteiger partial charge in [-0.05, 0) is 12.3 Å². The summed E-state index contributed by atoms with van der Waals surface area (Å²) in [5, 5.41) is 7.45. The van der Waals surface area contributed by atoms with Crippen LogP contribution < -0.4 is 5.32 Å². The van der Waals surface area contributed by atoms with Gasteiger partial charge in [0.05, 0.1) is 18.0 Å². The number of carbonyl (C=O) groups is 1. The molecule has 0 fully saturated rings. The quantitative estimate of drug-likeness (QED) is 0.598. The average molecular weight is 253 g/mol. The molecule has 0 unspecified atom stereocenters. The predicted molar refractivity (Wildman–Crippen MR) is 71.7 cm³/mol. The van der Waals surface area contributed by atoms with Crippen molar-refractivity contribution in [3.8, 4) is 0 Å². The maximum Gasteiger partial charge on any atom is 0.325 e. The molecule has 0 aliphatic carbocycles. The third-order valence-electron chi connectivity index (χ3n) is 2.59. The molecular weight excluding hydrogens is 230 g/mol. The van der Waals surface area contributed by atoms with E-state index in [4.69, 9.17) is 4.74 Å². The molecule has 1 N–H and O–H groups in total. The van der Waals surface area contributed by atoms with E-state index in [1.54, 1.807) is 4.68 Å². The molecule has 5 nitrogen and oxygen atoms in total. The van der Waals surface area contributed by atoms with Crippen LogP contribution in [0.1, 0.15) is 45.2 Å². The summed E-state index contributed by atoms with van der Waals surface area (Å²) in [5.41, 5.74) is 1.87. The van der Waals surface area contributed by atoms with Gasteiger partial charge in [-0.15, -0.1) is 0 Å². The number of ether oxygens (including phenoxy) is 1. The number of rotatable bonds is 7. The molecule has 0 aliphatic rings. The van der Waals surface area contributed by atoms with Crippen molar-refractivity contribution in [3.63, 3.8) is 0 Å². The second-order valence-electron chi connectivity index (χ2n) is 4.68. The van der Waals surface area contributed by atoms with E-state index in [2.05, 4.69) is 31.2 Å². The Kier molecular flexibility index (Phi) is 5.68. The first-order valence-corrected chi connectivity index (χ1v) is 6.47. The van der Waals surface area contributed by atoms with E-state index in [1.807, 2.05) is 13.2 Å². The third kappa shape index (κ3) is 4.39. The van der Waals surface area contributed by atoms with Crippen LogP contribution in [0.4, 0.5) is 5.69 Å². The molecule has 18 heavy (non-hydrogen) atoms. The van der Waals surface area contributed by atoms with E-state index >= 15 is 0 Å². The summed E-state index contributed by atoms with van der Waals surface area (Å²) in [6.45, 7) is 6.91. The zero-order valence-corrected chi connectivity index (χ0v) is 11.7. The largest absolute Gasteiger partial charge is 0.464 e. The topological polar surface area (TPSA) is 56.1 Å². The zero-order valence-electron chi connectivity index (χ0n) is 11.7. The fourth-order valence-corrected chi connectivity index (χ4v) is 1.62. The molecule has 0 radical (unpaired) electrons. The van der Waals surface area contributed by atoms with Gasteiger partial charge in [-0.1, -0.05) is 27.2 Å². The molecule has 1 aromatic rings. The second kappa shape index (κ2) is 7.03. The number of carbonyl (C=O) groups excluding carboxylic acids is 1. The normalized spacial score (nSPS) is 10.7.